The third-order valence-electron chi connectivity index (χ3n) is 3.59. The van der Waals surface area contributed by atoms with Crippen molar-refractivity contribution in [3.8, 4) is 17.4 Å². The molecule has 1 aromatic heterocycles. The van der Waals surface area contributed by atoms with Gasteiger partial charge in [0.05, 0.1) is 17.7 Å². The van der Waals surface area contributed by atoms with Crippen LogP contribution in [0.4, 0.5) is 25.8 Å². The van der Waals surface area contributed by atoms with Crippen molar-refractivity contribution < 1.29 is 23.2 Å². The molecule has 7 nitrogen and oxygen atoms in total. The molecule has 0 aliphatic rings. The van der Waals surface area contributed by atoms with E-state index < -0.39 is 16.6 Å². The van der Waals surface area contributed by atoms with Gasteiger partial charge in [0.1, 0.15) is 11.5 Å². The van der Waals surface area contributed by atoms with Gasteiger partial charge in [-0.15, -0.1) is 0 Å². The van der Waals surface area contributed by atoms with Crippen LogP contribution in [0, 0.1) is 21.7 Å². The first-order chi connectivity index (χ1) is 13.4. The maximum Gasteiger partial charge on any atom is 0.354 e. The van der Waals surface area contributed by atoms with Crippen LogP contribution in [0.2, 0.25) is 0 Å². The smallest absolute Gasteiger partial charge is 0.354 e. The molecule has 3 aromatic rings. The van der Waals surface area contributed by atoms with E-state index in [1.807, 2.05) is 0 Å². The van der Waals surface area contributed by atoms with Crippen LogP contribution in [0.15, 0.2) is 53.1 Å². The van der Waals surface area contributed by atoms with Crippen molar-refractivity contribution in [2.24, 2.45) is 0 Å². The van der Waals surface area contributed by atoms with Gasteiger partial charge in [-0.2, -0.15) is 0 Å². The minimum absolute atomic E-state index is 0.0966. The van der Waals surface area contributed by atoms with E-state index in [-0.39, 0.29) is 28.8 Å². The molecule has 28 heavy (non-hydrogen) atoms. The van der Waals surface area contributed by atoms with Gasteiger partial charge in [0.15, 0.2) is 17.3 Å². The number of rotatable bonds is 6. The van der Waals surface area contributed by atoms with E-state index in [4.69, 9.17) is 9.47 Å². The molecule has 144 valence electrons. The fourth-order valence-electron chi connectivity index (χ4n) is 2.37. The summed E-state index contributed by atoms with van der Waals surface area (Å²) < 4.78 is 38.2. The molecule has 0 amide bonds. The zero-order valence-electron chi connectivity index (χ0n) is 14.3. The highest BCUT2D eigenvalue weighted by molar-refractivity contribution is 9.10. The van der Waals surface area contributed by atoms with Gasteiger partial charge in [-0.25, -0.2) is 13.8 Å². The number of anilines is 2. The van der Waals surface area contributed by atoms with Crippen LogP contribution in [-0.2, 0) is 0 Å². The van der Waals surface area contributed by atoms with Gasteiger partial charge in [-0.1, -0.05) is 15.9 Å². The number of pyridine rings is 1. The van der Waals surface area contributed by atoms with Crippen LogP contribution in [0.3, 0.4) is 0 Å². The van der Waals surface area contributed by atoms with Crippen molar-refractivity contribution in [1.82, 2.24) is 4.98 Å². The summed E-state index contributed by atoms with van der Waals surface area (Å²) in [5, 5.41) is 14.3. The Hall–Kier alpha value is -3.27. The van der Waals surface area contributed by atoms with Crippen LogP contribution in [-0.4, -0.2) is 17.0 Å². The summed E-state index contributed by atoms with van der Waals surface area (Å²) in [7, 11) is 1.27. The minimum Gasteiger partial charge on any atom is -0.476 e. The van der Waals surface area contributed by atoms with Crippen molar-refractivity contribution in [2.75, 3.05) is 12.4 Å². The van der Waals surface area contributed by atoms with E-state index >= 15 is 0 Å². The number of nitrogens with one attached hydrogen (secondary N) is 1. The maximum absolute atomic E-state index is 13.9. The SMILES string of the molecule is COc1nccc(Nc2cc(Br)ccc2Oc2ccc(F)cc2F)c1[N+](=O)[O-]. The van der Waals surface area contributed by atoms with Crippen molar-refractivity contribution >= 4 is 33.0 Å². The first kappa shape index (κ1) is 19.5. The molecule has 0 spiro atoms. The molecule has 0 saturated carbocycles. The van der Waals surface area contributed by atoms with Crippen LogP contribution >= 0.6 is 15.9 Å². The van der Waals surface area contributed by atoms with Crippen molar-refractivity contribution in [3.05, 3.63) is 74.9 Å². The van der Waals surface area contributed by atoms with Gasteiger partial charge in [0.25, 0.3) is 5.88 Å². The second-order valence-electron chi connectivity index (χ2n) is 5.42. The van der Waals surface area contributed by atoms with Crippen LogP contribution < -0.4 is 14.8 Å². The predicted molar refractivity (Wildman–Crippen MR) is 101 cm³/mol. The lowest BCUT2D eigenvalue weighted by Gasteiger charge is -2.14. The van der Waals surface area contributed by atoms with E-state index in [0.29, 0.717) is 16.2 Å². The Balaban J connectivity index is 2.02. The maximum atomic E-state index is 13.9. The molecular formula is C18H12BrF2N3O4. The van der Waals surface area contributed by atoms with Gasteiger partial charge < -0.3 is 14.8 Å². The first-order valence-corrected chi connectivity index (χ1v) is 8.55. The molecule has 2 aromatic carbocycles. The lowest BCUT2D eigenvalue weighted by molar-refractivity contribution is -0.385. The predicted octanol–water partition coefficient (Wildman–Crippen LogP) is 5.58. The number of halogens is 3. The fourth-order valence-corrected chi connectivity index (χ4v) is 2.73. The summed E-state index contributed by atoms with van der Waals surface area (Å²) in [4.78, 5) is 14.6. The normalized spacial score (nSPS) is 10.4. The zero-order valence-corrected chi connectivity index (χ0v) is 15.9. The van der Waals surface area contributed by atoms with Crippen LogP contribution in [0.1, 0.15) is 0 Å². The van der Waals surface area contributed by atoms with E-state index in [1.54, 1.807) is 12.1 Å². The number of nitro groups is 1. The van der Waals surface area contributed by atoms with Crippen LogP contribution in [0.25, 0.3) is 0 Å². The molecule has 0 aliphatic heterocycles. The Bertz CT molecular complexity index is 1050. The third kappa shape index (κ3) is 4.17. The number of hydrogen-bond donors (Lipinski definition) is 1. The summed E-state index contributed by atoms with van der Waals surface area (Å²) in [6, 6.07) is 9.05. The molecule has 1 heterocycles. The van der Waals surface area contributed by atoms with Crippen molar-refractivity contribution in [2.45, 2.75) is 0 Å². The van der Waals surface area contributed by atoms with Gasteiger partial charge in [0, 0.05) is 16.7 Å². The standard InChI is InChI=1S/C18H12BrF2N3O4/c1-27-18-17(24(25)26)13(6-7-22-18)23-14-8-10(19)2-4-16(14)28-15-5-3-11(20)9-12(15)21/h2-9H,1H3,(H,22,23). The first-order valence-electron chi connectivity index (χ1n) is 7.76. The van der Waals surface area contributed by atoms with Gasteiger partial charge >= 0.3 is 5.69 Å². The van der Waals surface area contributed by atoms with Crippen molar-refractivity contribution in [1.29, 1.82) is 0 Å². The third-order valence-corrected chi connectivity index (χ3v) is 4.08. The Labute approximate surface area is 166 Å². The quantitative estimate of drug-likeness (QED) is 0.389. The highest BCUT2D eigenvalue weighted by Crippen LogP contribution is 2.39. The number of nitrogens with zero attached hydrogens (tertiary/aromatic N) is 2. The summed E-state index contributed by atoms with van der Waals surface area (Å²) >= 11 is 3.30. The largest absolute Gasteiger partial charge is 0.476 e. The Morgan fingerprint density at radius 1 is 1.11 bits per heavy atom. The zero-order chi connectivity index (χ0) is 20.3. The number of ether oxygens (including phenoxy) is 2. The average Bonchev–Trinajstić information content (AvgIpc) is 2.65. The second kappa shape index (κ2) is 8.17. The van der Waals surface area contributed by atoms with Crippen LogP contribution in [0.5, 0.6) is 17.4 Å². The molecule has 3 rings (SSSR count). The topological polar surface area (TPSA) is 86.5 Å². The van der Waals surface area contributed by atoms with E-state index in [2.05, 4.69) is 26.2 Å². The summed E-state index contributed by atoms with van der Waals surface area (Å²) in [5.74, 6) is -1.83. The number of benzene rings is 2. The average molecular weight is 452 g/mol. The number of methoxy groups -OCH3 is 1. The number of hydrogen-bond acceptors (Lipinski definition) is 6. The molecule has 0 bridgehead atoms. The highest BCUT2D eigenvalue weighted by Gasteiger charge is 2.23. The summed E-state index contributed by atoms with van der Waals surface area (Å²) in [6.45, 7) is 0. The molecule has 10 heteroatoms. The molecule has 0 radical (unpaired) electrons. The molecule has 1 N–H and O–H groups in total. The van der Waals surface area contributed by atoms with Gasteiger partial charge in [-0.3, -0.25) is 10.1 Å². The second-order valence-corrected chi connectivity index (χ2v) is 6.33. The lowest BCUT2D eigenvalue weighted by Crippen LogP contribution is -2.02. The minimum atomic E-state index is -0.884. The molecule has 0 saturated heterocycles. The molecule has 0 atom stereocenters. The highest BCUT2D eigenvalue weighted by atomic mass is 79.9. The summed E-state index contributed by atoms with van der Waals surface area (Å²) in [6.07, 6.45) is 1.34. The van der Waals surface area contributed by atoms with E-state index in [9.17, 15) is 18.9 Å². The Kier molecular flexibility index (Phi) is 5.69. The van der Waals surface area contributed by atoms with E-state index in [0.717, 1.165) is 12.1 Å². The Morgan fingerprint density at radius 3 is 2.54 bits per heavy atom. The van der Waals surface area contributed by atoms with Crippen molar-refractivity contribution in [3.63, 3.8) is 0 Å². The van der Waals surface area contributed by atoms with Gasteiger partial charge in [-0.05, 0) is 36.4 Å². The van der Waals surface area contributed by atoms with E-state index in [1.165, 1.54) is 25.4 Å². The molecule has 0 aliphatic carbocycles. The molecular weight excluding hydrogens is 440 g/mol. The van der Waals surface area contributed by atoms with Gasteiger partial charge in [0.2, 0.25) is 0 Å². The monoisotopic (exact) mass is 451 g/mol. The lowest BCUT2D eigenvalue weighted by atomic mass is 10.2. The fraction of sp³-hybridized carbons (Fsp3) is 0.0556. The Morgan fingerprint density at radius 2 is 1.86 bits per heavy atom. The summed E-state index contributed by atoms with van der Waals surface area (Å²) in [5.41, 5.74) is 0.0257. The number of aromatic nitrogens is 1. The molecule has 0 fully saturated rings. The molecule has 0 unspecified atom stereocenters.